The summed E-state index contributed by atoms with van der Waals surface area (Å²) in [6.45, 7) is 5.09. The third-order valence-electron chi connectivity index (χ3n) is 3.58. The topological polar surface area (TPSA) is 24.9 Å². The van der Waals surface area contributed by atoms with Crippen molar-refractivity contribution < 1.29 is 4.39 Å². The van der Waals surface area contributed by atoms with Crippen molar-refractivity contribution >= 4 is 22.1 Å². The highest BCUT2D eigenvalue weighted by molar-refractivity contribution is 7.13. The molecule has 2 aromatic carbocycles. The molecule has 0 saturated carbocycles. The van der Waals surface area contributed by atoms with Crippen molar-refractivity contribution in [1.82, 2.24) is 10.3 Å². The SMILES string of the molecule is CCNC(C)c1csc(-c2ccc(F)c3ccccc23)n1. The summed E-state index contributed by atoms with van der Waals surface area (Å²) < 4.78 is 13.9. The number of fused-ring (bicyclic) bond motifs is 1. The minimum Gasteiger partial charge on any atom is -0.309 e. The monoisotopic (exact) mass is 300 g/mol. The van der Waals surface area contributed by atoms with Gasteiger partial charge in [0.2, 0.25) is 0 Å². The van der Waals surface area contributed by atoms with Crippen molar-refractivity contribution in [1.29, 1.82) is 0 Å². The summed E-state index contributed by atoms with van der Waals surface area (Å²) >= 11 is 1.60. The molecule has 1 aromatic heterocycles. The number of hydrogen-bond acceptors (Lipinski definition) is 3. The van der Waals surface area contributed by atoms with Crippen molar-refractivity contribution in [2.24, 2.45) is 0 Å². The van der Waals surface area contributed by atoms with Gasteiger partial charge in [0, 0.05) is 22.4 Å². The Kier molecular flexibility index (Phi) is 3.99. The van der Waals surface area contributed by atoms with E-state index in [1.807, 2.05) is 30.3 Å². The van der Waals surface area contributed by atoms with Gasteiger partial charge in [-0.15, -0.1) is 11.3 Å². The number of thiazole rings is 1. The van der Waals surface area contributed by atoms with Crippen LogP contribution in [0, 0.1) is 5.82 Å². The maximum Gasteiger partial charge on any atom is 0.131 e. The normalized spacial score (nSPS) is 12.7. The largest absolute Gasteiger partial charge is 0.309 e. The molecule has 1 atom stereocenters. The second-order valence-electron chi connectivity index (χ2n) is 5.00. The molecule has 0 spiro atoms. The number of rotatable bonds is 4. The van der Waals surface area contributed by atoms with Gasteiger partial charge in [-0.05, 0) is 31.0 Å². The van der Waals surface area contributed by atoms with Crippen molar-refractivity contribution in [3.8, 4) is 10.6 Å². The van der Waals surface area contributed by atoms with Crippen LogP contribution in [-0.4, -0.2) is 11.5 Å². The highest BCUT2D eigenvalue weighted by Crippen LogP contribution is 2.33. The molecule has 3 aromatic rings. The molecule has 0 saturated heterocycles. The number of nitrogens with zero attached hydrogens (tertiary/aromatic N) is 1. The van der Waals surface area contributed by atoms with Gasteiger partial charge in [-0.1, -0.05) is 31.2 Å². The highest BCUT2D eigenvalue weighted by Gasteiger charge is 2.13. The fourth-order valence-corrected chi connectivity index (χ4v) is 3.42. The number of nitrogens with one attached hydrogen (secondary N) is 1. The van der Waals surface area contributed by atoms with E-state index in [4.69, 9.17) is 4.98 Å². The molecule has 1 N–H and O–H groups in total. The van der Waals surface area contributed by atoms with E-state index in [0.717, 1.165) is 28.2 Å². The van der Waals surface area contributed by atoms with Crippen LogP contribution in [0.1, 0.15) is 25.6 Å². The Morgan fingerprint density at radius 2 is 1.95 bits per heavy atom. The first kappa shape index (κ1) is 14.2. The average molecular weight is 300 g/mol. The van der Waals surface area contributed by atoms with Crippen LogP contribution in [0.25, 0.3) is 21.3 Å². The van der Waals surface area contributed by atoms with E-state index in [9.17, 15) is 4.39 Å². The van der Waals surface area contributed by atoms with Gasteiger partial charge < -0.3 is 5.32 Å². The van der Waals surface area contributed by atoms with Crippen LogP contribution in [0.2, 0.25) is 0 Å². The Morgan fingerprint density at radius 1 is 1.19 bits per heavy atom. The van der Waals surface area contributed by atoms with Gasteiger partial charge in [0.25, 0.3) is 0 Å². The second kappa shape index (κ2) is 5.92. The summed E-state index contributed by atoms with van der Waals surface area (Å²) in [4.78, 5) is 4.71. The molecule has 108 valence electrons. The van der Waals surface area contributed by atoms with Gasteiger partial charge in [0.1, 0.15) is 10.8 Å². The lowest BCUT2D eigenvalue weighted by Crippen LogP contribution is -2.17. The van der Waals surface area contributed by atoms with Crippen LogP contribution in [0.4, 0.5) is 4.39 Å². The first-order chi connectivity index (χ1) is 10.2. The van der Waals surface area contributed by atoms with Crippen molar-refractivity contribution in [3.63, 3.8) is 0 Å². The van der Waals surface area contributed by atoms with Crippen molar-refractivity contribution in [2.75, 3.05) is 6.54 Å². The Morgan fingerprint density at radius 3 is 2.71 bits per heavy atom. The Labute approximate surface area is 127 Å². The summed E-state index contributed by atoms with van der Waals surface area (Å²) in [6.07, 6.45) is 0. The van der Waals surface area contributed by atoms with Gasteiger partial charge in [0.15, 0.2) is 0 Å². The third-order valence-corrected chi connectivity index (χ3v) is 4.47. The first-order valence-corrected chi connectivity index (χ1v) is 7.95. The molecule has 1 heterocycles. The van der Waals surface area contributed by atoms with Crippen LogP contribution in [0.15, 0.2) is 41.8 Å². The smallest absolute Gasteiger partial charge is 0.131 e. The van der Waals surface area contributed by atoms with Crippen LogP contribution in [-0.2, 0) is 0 Å². The Bertz CT molecular complexity index is 766. The third kappa shape index (κ3) is 2.69. The fourth-order valence-electron chi connectivity index (χ4n) is 2.47. The maximum absolute atomic E-state index is 13.9. The summed E-state index contributed by atoms with van der Waals surface area (Å²) in [6, 6.07) is 11.1. The van der Waals surface area contributed by atoms with E-state index in [-0.39, 0.29) is 11.9 Å². The molecule has 1 unspecified atom stereocenters. The highest BCUT2D eigenvalue weighted by atomic mass is 32.1. The molecule has 0 bridgehead atoms. The van der Waals surface area contributed by atoms with Crippen LogP contribution in [0.3, 0.4) is 0 Å². The van der Waals surface area contributed by atoms with Gasteiger partial charge >= 0.3 is 0 Å². The molecule has 0 radical (unpaired) electrons. The number of halogens is 1. The summed E-state index contributed by atoms with van der Waals surface area (Å²) in [7, 11) is 0. The summed E-state index contributed by atoms with van der Waals surface area (Å²) in [5, 5.41) is 7.92. The van der Waals surface area contributed by atoms with Crippen molar-refractivity contribution in [3.05, 3.63) is 53.3 Å². The standard InChI is InChI=1S/C17H17FN2S/c1-3-19-11(2)16-10-21-17(20-16)14-8-9-15(18)13-7-5-4-6-12(13)14/h4-11,19H,3H2,1-2H3. The first-order valence-electron chi connectivity index (χ1n) is 7.07. The molecular formula is C17H17FN2S. The molecule has 3 rings (SSSR count). The van der Waals surface area contributed by atoms with E-state index < -0.39 is 0 Å². The number of benzene rings is 2. The average Bonchev–Trinajstić information content (AvgIpc) is 2.98. The molecule has 0 aliphatic heterocycles. The second-order valence-corrected chi connectivity index (χ2v) is 5.86. The van der Waals surface area contributed by atoms with E-state index in [1.165, 1.54) is 6.07 Å². The lowest BCUT2D eigenvalue weighted by atomic mass is 10.0. The molecule has 0 amide bonds. The van der Waals surface area contributed by atoms with Gasteiger partial charge in [0.05, 0.1) is 5.69 Å². The van der Waals surface area contributed by atoms with Gasteiger partial charge in [-0.25, -0.2) is 9.37 Å². The zero-order valence-electron chi connectivity index (χ0n) is 12.1. The van der Waals surface area contributed by atoms with E-state index in [2.05, 4.69) is 24.5 Å². The van der Waals surface area contributed by atoms with Crippen LogP contribution < -0.4 is 5.32 Å². The van der Waals surface area contributed by atoms with E-state index in [0.29, 0.717) is 5.39 Å². The van der Waals surface area contributed by atoms with Gasteiger partial charge in [-0.2, -0.15) is 0 Å². The summed E-state index contributed by atoms with van der Waals surface area (Å²) in [5.74, 6) is -0.188. The van der Waals surface area contributed by atoms with E-state index >= 15 is 0 Å². The molecule has 21 heavy (non-hydrogen) atoms. The van der Waals surface area contributed by atoms with Crippen LogP contribution >= 0.6 is 11.3 Å². The lowest BCUT2D eigenvalue weighted by molar-refractivity contribution is 0.587. The zero-order chi connectivity index (χ0) is 14.8. The quantitative estimate of drug-likeness (QED) is 0.750. The minimum atomic E-state index is -0.188. The lowest BCUT2D eigenvalue weighted by Gasteiger charge is -2.08. The predicted octanol–water partition coefficient (Wildman–Crippen LogP) is 4.77. The molecular weight excluding hydrogens is 283 g/mol. The number of hydrogen-bond donors (Lipinski definition) is 1. The maximum atomic E-state index is 13.9. The molecule has 0 aliphatic carbocycles. The molecule has 0 aliphatic rings. The Hall–Kier alpha value is -1.78. The van der Waals surface area contributed by atoms with Crippen molar-refractivity contribution in [2.45, 2.75) is 19.9 Å². The number of aromatic nitrogens is 1. The minimum absolute atomic E-state index is 0.188. The molecule has 0 fully saturated rings. The zero-order valence-corrected chi connectivity index (χ0v) is 12.9. The molecule has 2 nitrogen and oxygen atoms in total. The molecule has 4 heteroatoms. The van der Waals surface area contributed by atoms with Crippen LogP contribution in [0.5, 0.6) is 0 Å². The van der Waals surface area contributed by atoms with E-state index in [1.54, 1.807) is 11.3 Å². The fraction of sp³-hybridized carbons (Fsp3) is 0.235. The summed E-state index contributed by atoms with van der Waals surface area (Å²) in [5.41, 5.74) is 2.03. The predicted molar refractivity (Wildman–Crippen MR) is 87.1 cm³/mol. The Balaban J connectivity index is 2.07. The van der Waals surface area contributed by atoms with Gasteiger partial charge in [-0.3, -0.25) is 0 Å².